The van der Waals surface area contributed by atoms with E-state index in [0.717, 1.165) is 29.6 Å². The molecule has 7 heteroatoms. The lowest BCUT2D eigenvalue weighted by Crippen LogP contribution is -2.37. The molecule has 1 aromatic heterocycles. The Kier molecular flexibility index (Phi) is 5.50. The van der Waals surface area contributed by atoms with Gasteiger partial charge in [-0.3, -0.25) is 10.1 Å². The molecular formula is C12H18ClN3OS2. The van der Waals surface area contributed by atoms with Gasteiger partial charge >= 0.3 is 0 Å². The first-order valence-electron chi connectivity index (χ1n) is 6.43. The molecule has 0 saturated carbocycles. The van der Waals surface area contributed by atoms with Crippen molar-refractivity contribution in [3.05, 3.63) is 10.6 Å². The van der Waals surface area contributed by atoms with Crippen molar-refractivity contribution in [3.8, 4) is 0 Å². The van der Waals surface area contributed by atoms with E-state index in [2.05, 4.69) is 15.6 Å². The van der Waals surface area contributed by atoms with E-state index in [1.165, 1.54) is 29.8 Å². The van der Waals surface area contributed by atoms with Gasteiger partial charge in [0.15, 0.2) is 5.13 Å². The number of anilines is 1. The van der Waals surface area contributed by atoms with Crippen LogP contribution in [0.15, 0.2) is 0 Å². The zero-order valence-corrected chi connectivity index (χ0v) is 13.1. The Hall–Kier alpha value is -0.300. The van der Waals surface area contributed by atoms with Crippen molar-refractivity contribution in [2.75, 3.05) is 16.9 Å². The monoisotopic (exact) mass is 319 g/mol. The predicted molar refractivity (Wildman–Crippen MR) is 83.5 cm³/mol. The quantitative estimate of drug-likeness (QED) is 0.822. The molecule has 4 nitrogen and oxygen atoms in total. The van der Waals surface area contributed by atoms with Gasteiger partial charge in [-0.25, -0.2) is 4.98 Å². The number of nitrogens with zero attached hydrogens (tertiary/aromatic N) is 1. The summed E-state index contributed by atoms with van der Waals surface area (Å²) in [7, 11) is 0. The van der Waals surface area contributed by atoms with Gasteiger partial charge in [-0.2, -0.15) is 0 Å². The molecule has 1 aliphatic heterocycles. The topological polar surface area (TPSA) is 54.0 Å². The normalized spacial score (nSPS) is 22.2. The molecule has 19 heavy (non-hydrogen) atoms. The number of amides is 1. The van der Waals surface area contributed by atoms with Crippen LogP contribution in [-0.2, 0) is 17.6 Å². The molecule has 2 aliphatic rings. The van der Waals surface area contributed by atoms with Crippen molar-refractivity contribution in [3.63, 3.8) is 0 Å². The minimum Gasteiger partial charge on any atom is -0.301 e. The summed E-state index contributed by atoms with van der Waals surface area (Å²) in [6, 6.07) is -0.0568. The fourth-order valence-corrected chi connectivity index (χ4v) is 4.33. The molecule has 1 fully saturated rings. The van der Waals surface area contributed by atoms with Crippen LogP contribution in [0.3, 0.4) is 0 Å². The Morgan fingerprint density at radius 3 is 2.95 bits per heavy atom. The van der Waals surface area contributed by atoms with Crippen molar-refractivity contribution < 1.29 is 4.79 Å². The number of aromatic nitrogens is 1. The molecule has 1 aromatic rings. The molecule has 106 valence electrons. The number of carbonyl (C=O) groups is 1. The fourth-order valence-electron chi connectivity index (χ4n) is 2.34. The van der Waals surface area contributed by atoms with E-state index in [0.29, 0.717) is 0 Å². The van der Waals surface area contributed by atoms with Crippen molar-refractivity contribution in [2.24, 2.45) is 0 Å². The van der Waals surface area contributed by atoms with Gasteiger partial charge in [-0.05, 0) is 25.7 Å². The summed E-state index contributed by atoms with van der Waals surface area (Å²) in [6.07, 6.45) is 5.97. The summed E-state index contributed by atoms with van der Waals surface area (Å²) in [5.74, 6) is 1.78. The largest absolute Gasteiger partial charge is 0.301 e. The standard InChI is InChI=1S/C12H17N3OS2.ClH/c16-11(9-6-17-7-13-9)15-12-14-8-4-2-1-3-5-10(8)18-12;/h9,13H,1-7H2,(H,14,15,16);1H. The second-order valence-corrected chi connectivity index (χ2v) is 6.82. The van der Waals surface area contributed by atoms with Crippen molar-refractivity contribution in [2.45, 2.75) is 38.1 Å². The molecule has 0 radical (unpaired) electrons. The van der Waals surface area contributed by atoms with Crippen LogP contribution < -0.4 is 10.6 Å². The van der Waals surface area contributed by atoms with E-state index in [9.17, 15) is 4.79 Å². The van der Waals surface area contributed by atoms with E-state index in [1.54, 1.807) is 23.1 Å². The summed E-state index contributed by atoms with van der Waals surface area (Å²) in [5.41, 5.74) is 1.21. The average Bonchev–Trinajstić information content (AvgIpc) is 2.96. The predicted octanol–water partition coefficient (Wildman–Crippen LogP) is 2.43. The number of carbonyl (C=O) groups excluding carboxylic acids is 1. The van der Waals surface area contributed by atoms with Crippen LogP contribution in [-0.4, -0.2) is 28.6 Å². The lowest BCUT2D eigenvalue weighted by atomic mass is 10.2. The SMILES string of the molecule is Cl.O=C(Nc1nc2c(s1)CCCCC2)C1CSCN1. The summed E-state index contributed by atoms with van der Waals surface area (Å²) in [4.78, 5) is 17.9. The Morgan fingerprint density at radius 2 is 2.16 bits per heavy atom. The molecule has 0 bridgehead atoms. The highest BCUT2D eigenvalue weighted by Crippen LogP contribution is 2.29. The third kappa shape index (κ3) is 3.62. The molecular weight excluding hydrogens is 302 g/mol. The van der Waals surface area contributed by atoms with E-state index >= 15 is 0 Å². The van der Waals surface area contributed by atoms with Gasteiger partial charge in [-0.15, -0.1) is 35.5 Å². The maximum atomic E-state index is 12.0. The minimum atomic E-state index is -0.0568. The first kappa shape index (κ1) is 15.1. The average molecular weight is 320 g/mol. The highest BCUT2D eigenvalue weighted by atomic mass is 35.5. The Balaban J connectivity index is 0.00000133. The molecule has 2 heterocycles. The second-order valence-electron chi connectivity index (χ2n) is 4.71. The van der Waals surface area contributed by atoms with Gasteiger partial charge < -0.3 is 5.32 Å². The summed E-state index contributed by atoms with van der Waals surface area (Å²) in [5, 5.41) is 6.91. The Labute approximate surface area is 127 Å². The Bertz CT molecular complexity index is 423. The number of hydrogen-bond donors (Lipinski definition) is 2. The van der Waals surface area contributed by atoms with Crippen LogP contribution in [0.2, 0.25) is 0 Å². The molecule has 1 unspecified atom stereocenters. The third-order valence-electron chi connectivity index (χ3n) is 3.36. The van der Waals surface area contributed by atoms with Crippen molar-refractivity contribution >= 4 is 46.5 Å². The van der Waals surface area contributed by atoms with Gasteiger partial charge in [0, 0.05) is 16.5 Å². The maximum Gasteiger partial charge on any atom is 0.244 e. The van der Waals surface area contributed by atoms with Gasteiger partial charge in [0.2, 0.25) is 5.91 Å². The smallest absolute Gasteiger partial charge is 0.244 e. The number of halogens is 1. The van der Waals surface area contributed by atoms with Crippen LogP contribution >= 0.6 is 35.5 Å². The molecule has 0 aromatic carbocycles. The van der Waals surface area contributed by atoms with E-state index in [-0.39, 0.29) is 24.4 Å². The Morgan fingerprint density at radius 1 is 1.32 bits per heavy atom. The second kappa shape index (κ2) is 6.92. The first-order valence-corrected chi connectivity index (χ1v) is 8.40. The number of thiazole rings is 1. The van der Waals surface area contributed by atoms with E-state index in [1.807, 2.05) is 0 Å². The number of hydrogen-bond acceptors (Lipinski definition) is 5. The third-order valence-corrected chi connectivity index (χ3v) is 5.37. The summed E-state index contributed by atoms with van der Waals surface area (Å²) >= 11 is 3.42. The fraction of sp³-hybridized carbons (Fsp3) is 0.667. The zero-order chi connectivity index (χ0) is 12.4. The first-order chi connectivity index (χ1) is 8.83. The molecule has 3 rings (SSSR count). The van der Waals surface area contributed by atoms with Crippen LogP contribution in [0.25, 0.3) is 0 Å². The van der Waals surface area contributed by atoms with Crippen LogP contribution in [0.4, 0.5) is 5.13 Å². The summed E-state index contributed by atoms with van der Waals surface area (Å²) in [6.45, 7) is 0. The number of nitrogens with one attached hydrogen (secondary N) is 2. The highest BCUT2D eigenvalue weighted by molar-refractivity contribution is 7.99. The van der Waals surface area contributed by atoms with E-state index < -0.39 is 0 Å². The van der Waals surface area contributed by atoms with Crippen LogP contribution in [0.5, 0.6) is 0 Å². The van der Waals surface area contributed by atoms with Gasteiger partial charge in [0.05, 0.1) is 11.7 Å². The minimum absolute atomic E-state index is 0. The van der Waals surface area contributed by atoms with Crippen molar-refractivity contribution in [1.29, 1.82) is 0 Å². The van der Waals surface area contributed by atoms with Crippen molar-refractivity contribution in [1.82, 2.24) is 10.3 Å². The van der Waals surface area contributed by atoms with Gasteiger partial charge in [0.25, 0.3) is 0 Å². The molecule has 1 atom stereocenters. The number of aryl methyl sites for hydroxylation is 2. The molecule has 1 aliphatic carbocycles. The number of fused-ring (bicyclic) bond motifs is 1. The summed E-state index contributed by atoms with van der Waals surface area (Å²) < 4.78 is 0. The van der Waals surface area contributed by atoms with Crippen LogP contribution in [0, 0.1) is 0 Å². The molecule has 0 spiro atoms. The molecule has 2 N–H and O–H groups in total. The highest BCUT2D eigenvalue weighted by Gasteiger charge is 2.24. The lowest BCUT2D eigenvalue weighted by molar-refractivity contribution is -0.117. The van der Waals surface area contributed by atoms with Gasteiger partial charge in [-0.1, -0.05) is 6.42 Å². The lowest BCUT2D eigenvalue weighted by Gasteiger charge is -2.07. The number of thioether (sulfide) groups is 1. The van der Waals surface area contributed by atoms with Gasteiger partial charge in [0.1, 0.15) is 0 Å². The molecule has 1 amide bonds. The van der Waals surface area contributed by atoms with E-state index in [4.69, 9.17) is 0 Å². The zero-order valence-electron chi connectivity index (χ0n) is 10.6. The maximum absolute atomic E-state index is 12.0. The van der Waals surface area contributed by atoms with Crippen LogP contribution in [0.1, 0.15) is 29.8 Å². The molecule has 1 saturated heterocycles. The number of rotatable bonds is 2.